The lowest BCUT2D eigenvalue weighted by molar-refractivity contribution is -0.135. The fourth-order valence-corrected chi connectivity index (χ4v) is 4.82. The number of sulfone groups is 1. The molecule has 1 aliphatic rings. The molecule has 1 aromatic carbocycles. The van der Waals surface area contributed by atoms with Gasteiger partial charge in [0.05, 0.1) is 11.5 Å². The Morgan fingerprint density at radius 3 is 2.63 bits per heavy atom. The number of ether oxygens (including phenoxy) is 1. The van der Waals surface area contributed by atoms with Gasteiger partial charge in [0.15, 0.2) is 16.4 Å². The molecule has 0 N–H and O–H groups in total. The van der Waals surface area contributed by atoms with Crippen molar-refractivity contribution in [3.05, 3.63) is 30.7 Å². The van der Waals surface area contributed by atoms with E-state index in [1.807, 2.05) is 13.8 Å². The highest BCUT2D eigenvalue weighted by molar-refractivity contribution is 7.91. The summed E-state index contributed by atoms with van der Waals surface area (Å²) in [4.78, 5) is 14.3. The second-order valence-electron chi connectivity index (χ2n) is 7.05. The van der Waals surface area contributed by atoms with E-state index in [0.717, 1.165) is 5.56 Å². The molecular formula is C18H23N3O5S. The maximum Gasteiger partial charge on any atom is 0.260 e. The number of amides is 1. The van der Waals surface area contributed by atoms with Crippen LogP contribution >= 0.6 is 0 Å². The van der Waals surface area contributed by atoms with Gasteiger partial charge in [0.1, 0.15) is 5.75 Å². The van der Waals surface area contributed by atoms with Gasteiger partial charge < -0.3 is 14.1 Å². The van der Waals surface area contributed by atoms with Crippen molar-refractivity contribution >= 4 is 15.7 Å². The van der Waals surface area contributed by atoms with Crippen molar-refractivity contribution < 1.29 is 22.4 Å². The highest BCUT2D eigenvalue weighted by Gasteiger charge is 2.34. The third-order valence-corrected chi connectivity index (χ3v) is 6.11. The third-order valence-electron chi connectivity index (χ3n) is 4.35. The monoisotopic (exact) mass is 393 g/mol. The first kappa shape index (κ1) is 19.3. The summed E-state index contributed by atoms with van der Waals surface area (Å²) >= 11 is 0. The highest BCUT2D eigenvalue weighted by atomic mass is 32.2. The topological polar surface area (TPSA) is 103 Å². The minimum atomic E-state index is -3.06. The standard InChI is InChI=1S/C18H23N3O5S/c1-13(2)9-21(15-7-8-27(23,24)11-15)17(22)10-25-16-5-3-14(4-6-16)18-20-19-12-26-18/h3-6,12-13,15H,7-11H2,1-2H3/t15-/m0/s1. The lowest BCUT2D eigenvalue weighted by Crippen LogP contribution is -2.45. The van der Waals surface area contributed by atoms with Crippen molar-refractivity contribution in [2.45, 2.75) is 26.3 Å². The lowest BCUT2D eigenvalue weighted by Gasteiger charge is -2.29. The van der Waals surface area contributed by atoms with Crippen molar-refractivity contribution in [3.63, 3.8) is 0 Å². The van der Waals surface area contributed by atoms with Gasteiger partial charge in [-0.3, -0.25) is 4.79 Å². The van der Waals surface area contributed by atoms with Crippen molar-refractivity contribution in [2.24, 2.45) is 5.92 Å². The predicted octanol–water partition coefficient (Wildman–Crippen LogP) is 1.79. The molecular weight excluding hydrogens is 370 g/mol. The Labute approximate surface area is 158 Å². The van der Waals surface area contributed by atoms with Crippen LogP contribution in [0, 0.1) is 5.92 Å². The average Bonchev–Trinajstić information content (AvgIpc) is 3.27. The van der Waals surface area contributed by atoms with Crippen molar-refractivity contribution in [3.8, 4) is 17.2 Å². The lowest BCUT2D eigenvalue weighted by atomic mass is 10.1. The first-order valence-electron chi connectivity index (χ1n) is 8.83. The van der Waals surface area contributed by atoms with E-state index in [4.69, 9.17) is 9.15 Å². The molecule has 1 aromatic heterocycles. The molecule has 0 radical (unpaired) electrons. The van der Waals surface area contributed by atoms with Crippen molar-refractivity contribution in [1.82, 2.24) is 15.1 Å². The molecule has 2 heterocycles. The summed E-state index contributed by atoms with van der Waals surface area (Å²) in [5.74, 6) is 1.15. The van der Waals surface area contributed by atoms with Crippen LogP contribution in [0.25, 0.3) is 11.5 Å². The number of carbonyl (C=O) groups excluding carboxylic acids is 1. The van der Waals surface area contributed by atoms with E-state index < -0.39 is 9.84 Å². The Balaban J connectivity index is 1.61. The van der Waals surface area contributed by atoms with Gasteiger partial charge >= 0.3 is 0 Å². The van der Waals surface area contributed by atoms with Gasteiger partial charge in [0.2, 0.25) is 12.3 Å². The smallest absolute Gasteiger partial charge is 0.260 e. The van der Waals surface area contributed by atoms with Crippen LogP contribution in [-0.2, 0) is 14.6 Å². The Kier molecular flexibility index (Phi) is 5.79. The average molecular weight is 393 g/mol. The van der Waals surface area contributed by atoms with Crippen LogP contribution in [0.1, 0.15) is 20.3 Å². The van der Waals surface area contributed by atoms with Crippen LogP contribution in [0.15, 0.2) is 35.1 Å². The summed E-state index contributed by atoms with van der Waals surface area (Å²) < 4.78 is 34.3. The molecule has 146 valence electrons. The zero-order valence-corrected chi connectivity index (χ0v) is 16.2. The molecule has 1 amide bonds. The zero-order valence-electron chi connectivity index (χ0n) is 15.4. The molecule has 0 unspecified atom stereocenters. The van der Waals surface area contributed by atoms with Crippen LogP contribution in [0.5, 0.6) is 5.75 Å². The molecule has 1 saturated heterocycles. The van der Waals surface area contributed by atoms with E-state index in [0.29, 0.717) is 24.6 Å². The molecule has 2 aromatic rings. The van der Waals surface area contributed by atoms with Gasteiger partial charge in [0, 0.05) is 18.2 Å². The number of benzene rings is 1. The van der Waals surface area contributed by atoms with Gasteiger partial charge in [-0.25, -0.2) is 8.42 Å². The molecule has 0 saturated carbocycles. The third kappa shape index (κ3) is 5.06. The number of carbonyl (C=O) groups is 1. The highest BCUT2D eigenvalue weighted by Crippen LogP contribution is 2.22. The first-order valence-corrected chi connectivity index (χ1v) is 10.7. The van der Waals surface area contributed by atoms with Crippen molar-refractivity contribution in [2.75, 3.05) is 24.7 Å². The minimum Gasteiger partial charge on any atom is -0.484 e. The van der Waals surface area contributed by atoms with Crippen LogP contribution < -0.4 is 4.74 Å². The number of hydrogen-bond donors (Lipinski definition) is 0. The van der Waals surface area contributed by atoms with Crippen molar-refractivity contribution in [1.29, 1.82) is 0 Å². The largest absolute Gasteiger partial charge is 0.484 e. The molecule has 0 spiro atoms. The van der Waals surface area contributed by atoms with Crippen LogP contribution in [0.3, 0.4) is 0 Å². The van der Waals surface area contributed by atoms with E-state index in [1.54, 1.807) is 29.2 Å². The van der Waals surface area contributed by atoms with E-state index in [9.17, 15) is 13.2 Å². The second-order valence-corrected chi connectivity index (χ2v) is 9.28. The summed E-state index contributed by atoms with van der Waals surface area (Å²) in [6, 6.07) is 6.71. The predicted molar refractivity (Wildman–Crippen MR) is 98.8 cm³/mol. The molecule has 1 aliphatic heterocycles. The SMILES string of the molecule is CC(C)CN(C(=O)COc1ccc(-c2nnco2)cc1)[C@H]1CCS(=O)(=O)C1. The number of rotatable bonds is 7. The first-order chi connectivity index (χ1) is 12.8. The van der Waals surface area contributed by atoms with E-state index in [1.165, 1.54) is 6.39 Å². The molecule has 3 rings (SSSR count). The Morgan fingerprint density at radius 2 is 2.07 bits per heavy atom. The number of aromatic nitrogens is 2. The van der Waals surface area contributed by atoms with Gasteiger partial charge in [0.25, 0.3) is 5.91 Å². The van der Waals surface area contributed by atoms with Crippen LogP contribution in [0.2, 0.25) is 0 Å². The maximum absolute atomic E-state index is 12.7. The summed E-state index contributed by atoms with van der Waals surface area (Å²) in [6.07, 6.45) is 1.74. The molecule has 0 aliphatic carbocycles. The van der Waals surface area contributed by atoms with Crippen LogP contribution in [0.4, 0.5) is 0 Å². The zero-order chi connectivity index (χ0) is 19.4. The molecule has 1 atom stereocenters. The van der Waals surface area contributed by atoms with Gasteiger partial charge in [-0.05, 0) is 36.6 Å². The summed E-state index contributed by atoms with van der Waals surface area (Å²) in [5.41, 5.74) is 0.753. The van der Waals surface area contributed by atoms with Gasteiger partial charge in [-0.15, -0.1) is 10.2 Å². The van der Waals surface area contributed by atoms with Gasteiger partial charge in [-0.1, -0.05) is 13.8 Å². The van der Waals surface area contributed by atoms with E-state index in [2.05, 4.69) is 10.2 Å². The fourth-order valence-electron chi connectivity index (χ4n) is 3.09. The Morgan fingerprint density at radius 1 is 1.33 bits per heavy atom. The minimum absolute atomic E-state index is 0.0321. The Bertz CT molecular complexity index is 863. The number of hydrogen-bond acceptors (Lipinski definition) is 7. The fraction of sp³-hybridized carbons (Fsp3) is 0.500. The molecule has 27 heavy (non-hydrogen) atoms. The summed E-state index contributed by atoms with van der Waals surface area (Å²) in [5, 5.41) is 7.46. The number of nitrogens with zero attached hydrogens (tertiary/aromatic N) is 3. The van der Waals surface area contributed by atoms with Crippen LogP contribution in [-0.4, -0.2) is 60.1 Å². The molecule has 8 nitrogen and oxygen atoms in total. The normalized spacial score (nSPS) is 18.6. The maximum atomic E-state index is 12.7. The Hall–Kier alpha value is -2.42. The second kappa shape index (κ2) is 8.08. The molecule has 1 fully saturated rings. The quantitative estimate of drug-likeness (QED) is 0.706. The molecule has 0 bridgehead atoms. The summed E-state index contributed by atoms with van der Waals surface area (Å²) in [7, 11) is -3.06. The van der Waals surface area contributed by atoms with E-state index >= 15 is 0 Å². The summed E-state index contributed by atoms with van der Waals surface area (Å²) in [6.45, 7) is 4.38. The van der Waals surface area contributed by atoms with E-state index in [-0.39, 0.29) is 36.0 Å². The van der Waals surface area contributed by atoms with Gasteiger partial charge in [-0.2, -0.15) is 0 Å². The molecule has 9 heteroatoms.